The molecule has 262 valence electrons. The fourth-order valence-corrected chi connectivity index (χ4v) is 10.3. The molecule has 1 unspecified atom stereocenters. The number of hydrogen-bond acceptors (Lipinski definition) is 8. The van der Waals surface area contributed by atoms with Crippen LogP contribution in [0.1, 0.15) is 50.5 Å². The van der Waals surface area contributed by atoms with Crippen molar-refractivity contribution in [2.75, 3.05) is 64.8 Å². The molecular weight excluding hydrogens is 633 g/mol. The molecule has 4 aliphatic rings. The van der Waals surface area contributed by atoms with Crippen LogP contribution in [0.2, 0.25) is 0 Å². The van der Waals surface area contributed by atoms with E-state index < -0.39 is 27.4 Å². The highest BCUT2D eigenvalue weighted by Gasteiger charge is 2.53. The lowest BCUT2D eigenvalue weighted by Gasteiger charge is -2.51. The standard InChI is InChI=1S/C36H50FN5O5S/c1-40(2)23-34(43)39-24-36(27-5-3-6-28(37)19-27,32-7-4-8-33(32)47-35(38)44)26-15-17-41(18-16-26)20-25-21-42(22-25)29-9-11-30(12-10-29)48(45,46)31-13-14-31/h3,5-6,9-12,19,25-26,31-33H,4,7-8,13-18,20-24H2,1-2H3,(H2,38,44)(H,39,43)/t32-,33-,36?/m0/s1. The van der Waals surface area contributed by atoms with Crippen LogP contribution in [0.5, 0.6) is 0 Å². The lowest BCUT2D eigenvalue weighted by Crippen LogP contribution is -2.57. The van der Waals surface area contributed by atoms with E-state index in [2.05, 4.69) is 15.1 Å². The second kappa shape index (κ2) is 14.3. The van der Waals surface area contributed by atoms with E-state index in [0.29, 0.717) is 23.8 Å². The third-order valence-electron chi connectivity index (χ3n) is 11.1. The molecule has 0 radical (unpaired) electrons. The van der Waals surface area contributed by atoms with Gasteiger partial charge in [-0.3, -0.25) is 4.79 Å². The molecule has 2 amide bonds. The molecule has 3 N–H and O–H groups in total. The molecule has 2 aromatic carbocycles. The second-order valence-corrected chi connectivity index (χ2v) is 16.9. The van der Waals surface area contributed by atoms with Gasteiger partial charge in [-0.2, -0.15) is 0 Å². The number of anilines is 1. The highest BCUT2D eigenvalue weighted by molar-refractivity contribution is 7.92. The summed E-state index contributed by atoms with van der Waals surface area (Å²) in [5.41, 5.74) is 6.78. The molecule has 2 saturated carbocycles. The van der Waals surface area contributed by atoms with Crippen LogP contribution in [0.3, 0.4) is 0 Å². The number of rotatable bonds is 13. The Balaban J connectivity index is 1.14. The normalized spacial score (nSPS) is 23.9. The summed E-state index contributed by atoms with van der Waals surface area (Å²) in [6.45, 7) is 5.15. The molecule has 48 heavy (non-hydrogen) atoms. The maximum atomic E-state index is 14.9. The van der Waals surface area contributed by atoms with Crippen LogP contribution >= 0.6 is 0 Å². The van der Waals surface area contributed by atoms with Crippen LogP contribution in [-0.4, -0.2) is 101 Å². The van der Waals surface area contributed by atoms with Gasteiger partial charge in [-0.25, -0.2) is 17.6 Å². The highest BCUT2D eigenvalue weighted by Crippen LogP contribution is 2.51. The smallest absolute Gasteiger partial charge is 0.404 e. The van der Waals surface area contributed by atoms with E-state index in [9.17, 15) is 22.4 Å². The van der Waals surface area contributed by atoms with Gasteiger partial charge in [0.2, 0.25) is 5.91 Å². The largest absolute Gasteiger partial charge is 0.446 e. The van der Waals surface area contributed by atoms with E-state index in [0.717, 1.165) is 82.5 Å². The molecule has 2 aliphatic heterocycles. The lowest BCUT2D eigenvalue weighted by atomic mass is 9.58. The first-order chi connectivity index (χ1) is 23.0. The van der Waals surface area contributed by atoms with Gasteiger partial charge in [-0.1, -0.05) is 12.1 Å². The highest BCUT2D eigenvalue weighted by atomic mass is 32.2. The Hall–Kier alpha value is -3.22. The number of sulfone groups is 1. The van der Waals surface area contributed by atoms with E-state index in [-0.39, 0.29) is 35.4 Å². The summed E-state index contributed by atoms with van der Waals surface area (Å²) in [4.78, 5) is 32.1. The van der Waals surface area contributed by atoms with E-state index in [1.165, 1.54) is 6.07 Å². The summed E-state index contributed by atoms with van der Waals surface area (Å²) in [7, 11) is 0.516. The number of hydrogen-bond donors (Lipinski definition) is 2. The first-order valence-electron chi connectivity index (χ1n) is 17.4. The number of primary amides is 1. The van der Waals surface area contributed by atoms with Gasteiger partial charge in [0, 0.05) is 49.1 Å². The van der Waals surface area contributed by atoms with Crippen molar-refractivity contribution in [1.29, 1.82) is 0 Å². The molecule has 2 saturated heterocycles. The van der Waals surface area contributed by atoms with Crippen molar-refractivity contribution in [2.45, 2.75) is 66.6 Å². The number of amides is 2. The van der Waals surface area contributed by atoms with Crippen LogP contribution in [0.15, 0.2) is 53.4 Å². The van der Waals surface area contributed by atoms with Crippen molar-refractivity contribution in [2.24, 2.45) is 23.5 Å². The Kier molecular flexibility index (Phi) is 10.3. The number of nitrogens with zero attached hydrogens (tertiary/aromatic N) is 3. The van der Waals surface area contributed by atoms with Gasteiger partial charge in [0.15, 0.2) is 9.84 Å². The van der Waals surface area contributed by atoms with Crippen LogP contribution in [0.4, 0.5) is 14.9 Å². The maximum Gasteiger partial charge on any atom is 0.404 e. The number of likely N-dealkylation sites (tertiary alicyclic amines) is 1. The summed E-state index contributed by atoms with van der Waals surface area (Å²) in [5, 5.41) is 2.99. The molecule has 10 nitrogen and oxygen atoms in total. The van der Waals surface area contributed by atoms with E-state index in [4.69, 9.17) is 10.5 Å². The van der Waals surface area contributed by atoms with Gasteiger partial charge in [0.05, 0.1) is 16.7 Å². The molecule has 0 spiro atoms. The van der Waals surface area contributed by atoms with Crippen molar-refractivity contribution in [1.82, 2.24) is 15.1 Å². The summed E-state index contributed by atoms with van der Waals surface area (Å²) in [6, 6.07) is 14.1. The average molecular weight is 684 g/mol. The minimum Gasteiger partial charge on any atom is -0.446 e. The molecule has 2 aliphatic carbocycles. The quantitative estimate of drug-likeness (QED) is 0.327. The van der Waals surface area contributed by atoms with Crippen LogP contribution in [-0.2, 0) is 24.8 Å². The third-order valence-corrected chi connectivity index (χ3v) is 13.3. The van der Waals surface area contributed by atoms with Gasteiger partial charge in [0.25, 0.3) is 0 Å². The zero-order valence-corrected chi connectivity index (χ0v) is 29.0. The number of nitrogens with two attached hydrogens (primary N) is 1. The topological polar surface area (TPSA) is 125 Å². The Morgan fingerprint density at radius 2 is 1.73 bits per heavy atom. The number of carbonyl (C=O) groups is 2. The van der Waals surface area contributed by atoms with Crippen molar-refractivity contribution in [3.8, 4) is 0 Å². The lowest BCUT2D eigenvalue weighted by molar-refractivity contribution is -0.122. The molecule has 2 heterocycles. The van der Waals surface area contributed by atoms with E-state index in [1.807, 2.05) is 37.2 Å². The van der Waals surface area contributed by atoms with Gasteiger partial charge in [-0.15, -0.1) is 0 Å². The van der Waals surface area contributed by atoms with Crippen molar-refractivity contribution < 1.29 is 27.1 Å². The van der Waals surface area contributed by atoms with Crippen molar-refractivity contribution in [3.05, 3.63) is 59.9 Å². The van der Waals surface area contributed by atoms with Crippen LogP contribution < -0.4 is 16.0 Å². The summed E-state index contributed by atoms with van der Waals surface area (Å²) in [5.74, 6) is 0.0951. The number of nitrogens with one attached hydrogen (secondary N) is 1. The first kappa shape index (κ1) is 34.6. The zero-order chi connectivity index (χ0) is 34.1. The SMILES string of the molecule is CN(C)CC(=O)NCC(c1cccc(F)c1)(C1CCN(CC2CN(c3ccc(S(=O)(=O)C4CC4)cc3)C2)CC1)[C@H]1CCC[C@@H]1OC(N)=O. The Bertz CT molecular complexity index is 1550. The van der Waals surface area contributed by atoms with Crippen molar-refractivity contribution in [3.63, 3.8) is 0 Å². The third kappa shape index (κ3) is 7.50. The molecule has 12 heteroatoms. The van der Waals surface area contributed by atoms with E-state index >= 15 is 0 Å². The number of ether oxygens (including phenoxy) is 1. The predicted molar refractivity (Wildman–Crippen MR) is 183 cm³/mol. The number of likely N-dealkylation sites (N-methyl/N-ethyl adjacent to an activating group) is 1. The fourth-order valence-electron chi connectivity index (χ4n) is 8.61. The number of carbonyl (C=O) groups excluding carboxylic acids is 2. The summed E-state index contributed by atoms with van der Waals surface area (Å²) in [6.07, 6.45) is 4.40. The Morgan fingerprint density at radius 1 is 1.02 bits per heavy atom. The van der Waals surface area contributed by atoms with Gasteiger partial charge >= 0.3 is 6.09 Å². The van der Waals surface area contributed by atoms with Crippen molar-refractivity contribution >= 4 is 27.5 Å². The summed E-state index contributed by atoms with van der Waals surface area (Å²) >= 11 is 0. The number of halogens is 1. The monoisotopic (exact) mass is 683 g/mol. The zero-order valence-electron chi connectivity index (χ0n) is 28.2. The Labute approximate surface area is 284 Å². The first-order valence-corrected chi connectivity index (χ1v) is 18.9. The molecule has 4 fully saturated rings. The maximum absolute atomic E-state index is 14.9. The summed E-state index contributed by atoms with van der Waals surface area (Å²) < 4.78 is 45.7. The van der Waals surface area contributed by atoms with E-state index in [1.54, 1.807) is 24.3 Å². The minimum atomic E-state index is -3.18. The average Bonchev–Trinajstić information content (AvgIpc) is 3.80. The molecule has 3 atom stereocenters. The molecular formula is C36H50FN5O5S. The minimum absolute atomic E-state index is 0.0997. The Morgan fingerprint density at radius 3 is 2.35 bits per heavy atom. The van der Waals surface area contributed by atoms with Gasteiger partial charge < -0.3 is 30.5 Å². The number of benzene rings is 2. The molecule has 6 rings (SSSR count). The number of piperidine rings is 1. The molecule has 2 aromatic rings. The molecule has 0 aromatic heterocycles. The second-order valence-electron chi connectivity index (χ2n) is 14.7. The molecule has 0 bridgehead atoms. The van der Waals surface area contributed by atoms with Gasteiger partial charge in [0.1, 0.15) is 11.9 Å². The van der Waals surface area contributed by atoms with Crippen LogP contribution in [0, 0.1) is 23.6 Å². The fraction of sp³-hybridized carbons (Fsp3) is 0.611. The van der Waals surface area contributed by atoms with Gasteiger partial charge in [-0.05, 0) is 120 Å². The predicted octanol–water partition coefficient (Wildman–Crippen LogP) is 3.79. The van der Waals surface area contributed by atoms with Crippen LogP contribution in [0.25, 0.3) is 0 Å².